The van der Waals surface area contributed by atoms with Gasteiger partial charge in [-0.25, -0.2) is 9.48 Å². The molecule has 1 amide bonds. The first-order valence-corrected chi connectivity index (χ1v) is 7.18. The highest BCUT2D eigenvalue weighted by atomic mass is 19.4. The minimum Gasteiger partial charge on any atom is -0.480 e. The molecule has 134 valence electrons. The van der Waals surface area contributed by atoms with E-state index in [-0.39, 0.29) is 11.4 Å². The molecule has 1 unspecified atom stereocenters. The number of rotatable bonds is 5. The van der Waals surface area contributed by atoms with E-state index in [0.717, 1.165) is 5.56 Å². The molecule has 0 saturated carbocycles. The van der Waals surface area contributed by atoms with Gasteiger partial charge in [0.1, 0.15) is 6.04 Å². The number of alkyl halides is 3. The Hall–Kier alpha value is -2.91. The highest BCUT2D eigenvalue weighted by Crippen LogP contribution is 2.22. The van der Waals surface area contributed by atoms with Crippen LogP contribution in [0, 0.1) is 13.8 Å². The molecule has 1 heterocycles. The number of aliphatic carboxylic acids is 1. The van der Waals surface area contributed by atoms with Gasteiger partial charge in [0.15, 0.2) is 5.69 Å². The van der Waals surface area contributed by atoms with E-state index < -0.39 is 30.5 Å². The molecule has 2 rings (SSSR count). The number of aromatic nitrogens is 3. The fourth-order valence-corrected chi connectivity index (χ4v) is 2.13. The van der Waals surface area contributed by atoms with Crippen LogP contribution in [0.15, 0.2) is 24.3 Å². The zero-order chi connectivity index (χ0) is 18.8. The van der Waals surface area contributed by atoms with Crippen LogP contribution in [0.25, 0.3) is 5.69 Å². The Labute approximate surface area is 140 Å². The molecule has 2 N–H and O–H groups in total. The Morgan fingerprint density at radius 1 is 1.24 bits per heavy atom. The number of benzene rings is 1. The summed E-state index contributed by atoms with van der Waals surface area (Å²) in [5.74, 6) is -2.82. The van der Waals surface area contributed by atoms with Gasteiger partial charge in [0, 0.05) is 0 Å². The predicted molar refractivity (Wildman–Crippen MR) is 80.4 cm³/mol. The smallest absolute Gasteiger partial charge is 0.391 e. The molecular weight excluding hydrogens is 341 g/mol. The number of halogens is 3. The van der Waals surface area contributed by atoms with Gasteiger partial charge < -0.3 is 10.4 Å². The Morgan fingerprint density at radius 3 is 2.36 bits per heavy atom. The first kappa shape index (κ1) is 18.4. The molecule has 0 saturated heterocycles. The van der Waals surface area contributed by atoms with Crippen LogP contribution in [0.4, 0.5) is 13.2 Å². The third-order valence-corrected chi connectivity index (χ3v) is 3.43. The van der Waals surface area contributed by atoms with Crippen molar-refractivity contribution in [3.8, 4) is 5.69 Å². The molecule has 2 aromatic rings. The highest BCUT2D eigenvalue weighted by molar-refractivity contribution is 5.95. The summed E-state index contributed by atoms with van der Waals surface area (Å²) in [6, 6.07) is 5.02. The third-order valence-electron chi connectivity index (χ3n) is 3.43. The Balaban J connectivity index is 2.22. The monoisotopic (exact) mass is 356 g/mol. The average molecular weight is 356 g/mol. The standard InChI is InChI=1S/C15H15F3N4O3/c1-8-3-5-10(6-4-8)22-9(2)12(20-21-22)13(23)19-11(14(24)25)7-15(16,17)18/h3-6,11H,7H2,1-2H3,(H,19,23)(H,24,25). The molecule has 0 fully saturated rings. The van der Waals surface area contributed by atoms with Crippen LogP contribution >= 0.6 is 0 Å². The van der Waals surface area contributed by atoms with Gasteiger partial charge in [0.25, 0.3) is 5.91 Å². The van der Waals surface area contributed by atoms with Crippen molar-refractivity contribution in [2.24, 2.45) is 0 Å². The summed E-state index contributed by atoms with van der Waals surface area (Å²) in [5.41, 5.74) is 1.65. The van der Waals surface area contributed by atoms with Crippen LogP contribution in [0.5, 0.6) is 0 Å². The van der Waals surface area contributed by atoms with Crippen molar-refractivity contribution in [2.45, 2.75) is 32.5 Å². The zero-order valence-corrected chi connectivity index (χ0v) is 13.3. The number of carboxylic acids is 1. The van der Waals surface area contributed by atoms with Gasteiger partial charge >= 0.3 is 12.1 Å². The third kappa shape index (κ3) is 4.55. The summed E-state index contributed by atoms with van der Waals surface area (Å²) < 4.78 is 38.6. The fraction of sp³-hybridized carbons (Fsp3) is 0.333. The number of aryl methyl sites for hydroxylation is 1. The maximum atomic E-state index is 12.4. The predicted octanol–water partition coefficient (Wildman–Crippen LogP) is 2.02. The lowest BCUT2D eigenvalue weighted by Gasteiger charge is -2.15. The summed E-state index contributed by atoms with van der Waals surface area (Å²) in [6.45, 7) is 3.40. The molecule has 0 aliphatic rings. The Bertz CT molecular complexity index is 784. The molecule has 0 bridgehead atoms. The number of amides is 1. The Kier molecular flexibility index (Phi) is 5.10. The number of nitrogens with zero attached hydrogens (tertiary/aromatic N) is 3. The lowest BCUT2D eigenvalue weighted by Crippen LogP contribution is -2.43. The van der Waals surface area contributed by atoms with Crippen molar-refractivity contribution >= 4 is 11.9 Å². The summed E-state index contributed by atoms with van der Waals surface area (Å²) in [5, 5.41) is 18.1. The lowest BCUT2D eigenvalue weighted by molar-refractivity contribution is -0.157. The summed E-state index contributed by atoms with van der Waals surface area (Å²) in [4.78, 5) is 23.0. The van der Waals surface area contributed by atoms with Crippen molar-refractivity contribution in [3.05, 3.63) is 41.2 Å². The largest absolute Gasteiger partial charge is 0.480 e. The molecular formula is C15H15F3N4O3. The number of carbonyl (C=O) groups excluding carboxylic acids is 1. The van der Waals surface area contributed by atoms with E-state index in [1.807, 2.05) is 24.4 Å². The van der Waals surface area contributed by atoms with Crippen LogP contribution in [-0.2, 0) is 4.79 Å². The molecule has 10 heteroatoms. The molecule has 0 spiro atoms. The van der Waals surface area contributed by atoms with Crippen LogP contribution in [0.1, 0.15) is 28.2 Å². The van der Waals surface area contributed by atoms with E-state index in [2.05, 4.69) is 10.3 Å². The molecule has 0 radical (unpaired) electrons. The van der Waals surface area contributed by atoms with E-state index in [0.29, 0.717) is 5.69 Å². The molecule has 1 aromatic heterocycles. The van der Waals surface area contributed by atoms with Crippen molar-refractivity contribution in [1.29, 1.82) is 0 Å². The second kappa shape index (κ2) is 6.91. The highest BCUT2D eigenvalue weighted by Gasteiger charge is 2.37. The van der Waals surface area contributed by atoms with Crippen molar-refractivity contribution in [2.75, 3.05) is 0 Å². The summed E-state index contributed by atoms with van der Waals surface area (Å²) in [6.07, 6.45) is -6.41. The zero-order valence-electron chi connectivity index (χ0n) is 13.3. The van der Waals surface area contributed by atoms with Gasteiger partial charge in [-0.2, -0.15) is 13.2 Å². The Morgan fingerprint density at radius 2 is 1.84 bits per heavy atom. The molecule has 1 aromatic carbocycles. The number of hydrogen-bond acceptors (Lipinski definition) is 4. The second-order valence-corrected chi connectivity index (χ2v) is 5.45. The van der Waals surface area contributed by atoms with E-state index in [1.54, 1.807) is 12.1 Å². The molecule has 7 nitrogen and oxygen atoms in total. The van der Waals surface area contributed by atoms with Crippen molar-refractivity contribution < 1.29 is 27.9 Å². The number of carbonyl (C=O) groups is 2. The lowest BCUT2D eigenvalue weighted by atomic mass is 10.2. The average Bonchev–Trinajstić information content (AvgIpc) is 2.87. The number of carboxylic acid groups (broad SMARTS) is 1. The van der Waals surface area contributed by atoms with Gasteiger partial charge in [-0.05, 0) is 26.0 Å². The van der Waals surface area contributed by atoms with Crippen LogP contribution in [0.2, 0.25) is 0 Å². The van der Waals surface area contributed by atoms with Gasteiger partial charge in [0.2, 0.25) is 0 Å². The quantitative estimate of drug-likeness (QED) is 0.854. The SMILES string of the molecule is Cc1ccc(-n2nnc(C(=O)NC(CC(F)(F)F)C(=O)O)c2C)cc1. The van der Waals surface area contributed by atoms with Gasteiger partial charge in [-0.15, -0.1) is 5.10 Å². The maximum Gasteiger partial charge on any atom is 0.391 e. The van der Waals surface area contributed by atoms with Gasteiger partial charge in [-0.3, -0.25) is 4.79 Å². The van der Waals surface area contributed by atoms with Gasteiger partial charge in [-0.1, -0.05) is 22.9 Å². The van der Waals surface area contributed by atoms with E-state index in [4.69, 9.17) is 5.11 Å². The maximum absolute atomic E-state index is 12.4. The van der Waals surface area contributed by atoms with Gasteiger partial charge in [0.05, 0.1) is 17.8 Å². The molecule has 1 atom stereocenters. The summed E-state index contributed by atoms with van der Waals surface area (Å²) in [7, 11) is 0. The summed E-state index contributed by atoms with van der Waals surface area (Å²) >= 11 is 0. The molecule has 0 aliphatic carbocycles. The first-order chi connectivity index (χ1) is 11.6. The number of hydrogen-bond donors (Lipinski definition) is 2. The molecule has 25 heavy (non-hydrogen) atoms. The van der Waals surface area contributed by atoms with Crippen LogP contribution in [-0.4, -0.2) is 44.2 Å². The second-order valence-electron chi connectivity index (χ2n) is 5.45. The normalized spacial score (nSPS) is 12.7. The minimum absolute atomic E-state index is 0.242. The molecule has 0 aliphatic heterocycles. The van der Waals surface area contributed by atoms with E-state index in [1.165, 1.54) is 11.6 Å². The minimum atomic E-state index is -4.73. The van der Waals surface area contributed by atoms with Crippen LogP contribution in [0.3, 0.4) is 0 Å². The van der Waals surface area contributed by atoms with E-state index >= 15 is 0 Å². The van der Waals surface area contributed by atoms with Crippen molar-refractivity contribution in [1.82, 2.24) is 20.3 Å². The first-order valence-electron chi connectivity index (χ1n) is 7.18. The van der Waals surface area contributed by atoms with E-state index in [9.17, 15) is 22.8 Å². The van der Waals surface area contributed by atoms with Crippen LogP contribution < -0.4 is 5.32 Å². The fourth-order valence-electron chi connectivity index (χ4n) is 2.13. The topological polar surface area (TPSA) is 97.1 Å². The van der Waals surface area contributed by atoms with Crippen molar-refractivity contribution in [3.63, 3.8) is 0 Å². The number of nitrogens with one attached hydrogen (secondary N) is 1.